The molecule has 2 aromatic carbocycles. The second kappa shape index (κ2) is 10.8. The number of benzene rings is 2. The first-order valence-corrected chi connectivity index (χ1v) is 12.4. The highest BCUT2D eigenvalue weighted by molar-refractivity contribution is 9.10. The summed E-state index contributed by atoms with van der Waals surface area (Å²) in [6.07, 6.45) is 4.92. The molecule has 33 heavy (non-hydrogen) atoms. The van der Waals surface area contributed by atoms with Gasteiger partial charge in [0.05, 0.1) is 10.4 Å². The Balaban J connectivity index is 1.77. The van der Waals surface area contributed by atoms with Crippen molar-refractivity contribution in [2.45, 2.75) is 77.7 Å². The number of esters is 1. The highest BCUT2D eigenvalue weighted by Gasteiger charge is 2.33. The van der Waals surface area contributed by atoms with Crippen molar-refractivity contribution in [2.75, 3.05) is 5.32 Å². The zero-order valence-corrected chi connectivity index (χ0v) is 21.4. The average Bonchev–Trinajstić information content (AvgIpc) is 3.24. The van der Waals surface area contributed by atoms with Crippen LogP contribution in [-0.4, -0.2) is 17.5 Å². The molecular formula is C27H33BrFNO3. The molecule has 1 N–H and O–H groups in total. The average molecular weight is 518 g/mol. The third-order valence-electron chi connectivity index (χ3n) is 6.18. The molecule has 3 rings (SSSR count). The lowest BCUT2D eigenvalue weighted by Gasteiger charge is -2.24. The van der Waals surface area contributed by atoms with Crippen LogP contribution in [0.5, 0.6) is 0 Å². The Labute approximate surface area is 204 Å². The normalized spacial score (nSPS) is 15.3. The summed E-state index contributed by atoms with van der Waals surface area (Å²) in [5.41, 5.74) is 2.84. The molecule has 1 aliphatic rings. The van der Waals surface area contributed by atoms with Gasteiger partial charge in [0.2, 0.25) is 5.91 Å². The van der Waals surface area contributed by atoms with Crippen LogP contribution in [0.2, 0.25) is 0 Å². The molecule has 1 saturated carbocycles. The Hall–Kier alpha value is -2.21. The van der Waals surface area contributed by atoms with Crippen molar-refractivity contribution in [2.24, 2.45) is 5.92 Å². The number of hydrogen-bond donors (Lipinski definition) is 1. The molecule has 0 aliphatic heterocycles. The zero-order chi connectivity index (χ0) is 24.2. The number of hydrogen-bond acceptors (Lipinski definition) is 3. The van der Waals surface area contributed by atoms with Gasteiger partial charge in [0.1, 0.15) is 11.4 Å². The van der Waals surface area contributed by atoms with Gasteiger partial charge in [0.15, 0.2) is 0 Å². The third kappa shape index (κ3) is 6.89. The van der Waals surface area contributed by atoms with Crippen molar-refractivity contribution in [3.8, 4) is 0 Å². The van der Waals surface area contributed by atoms with Gasteiger partial charge in [-0.1, -0.05) is 31.0 Å². The van der Waals surface area contributed by atoms with Gasteiger partial charge >= 0.3 is 5.97 Å². The number of halogens is 2. The van der Waals surface area contributed by atoms with Crippen molar-refractivity contribution in [3.63, 3.8) is 0 Å². The van der Waals surface area contributed by atoms with Crippen LogP contribution in [0.4, 0.5) is 10.1 Å². The van der Waals surface area contributed by atoms with Crippen LogP contribution in [0.15, 0.2) is 40.9 Å². The predicted molar refractivity (Wildman–Crippen MR) is 133 cm³/mol. The molecule has 0 radical (unpaired) electrons. The van der Waals surface area contributed by atoms with E-state index >= 15 is 0 Å². The van der Waals surface area contributed by atoms with E-state index in [9.17, 15) is 14.0 Å². The lowest BCUT2D eigenvalue weighted by Crippen LogP contribution is -2.27. The van der Waals surface area contributed by atoms with Crippen molar-refractivity contribution < 1.29 is 18.7 Å². The predicted octanol–water partition coefficient (Wildman–Crippen LogP) is 7.08. The molecule has 1 fully saturated rings. The van der Waals surface area contributed by atoms with Crippen LogP contribution < -0.4 is 5.32 Å². The molecule has 178 valence electrons. The maximum atomic E-state index is 14.3. The number of rotatable bonds is 7. The van der Waals surface area contributed by atoms with Gasteiger partial charge in [0.25, 0.3) is 0 Å². The summed E-state index contributed by atoms with van der Waals surface area (Å²) in [7, 11) is 0. The molecule has 0 saturated heterocycles. The first kappa shape index (κ1) is 25.4. The SMILES string of the molecule is Cc1c(CCC(=O)OC(C)(C)C)cccc1NC(=O)[C@@H](c1ccc(Br)c(F)c1)C1CCCC1. The van der Waals surface area contributed by atoms with Gasteiger partial charge in [0, 0.05) is 12.1 Å². The van der Waals surface area contributed by atoms with Gasteiger partial charge in [-0.05, 0) is 104 Å². The molecule has 4 nitrogen and oxygen atoms in total. The minimum absolute atomic E-state index is 0.115. The quantitative estimate of drug-likeness (QED) is 0.399. The molecule has 6 heteroatoms. The monoisotopic (exact) mass is 517 g/mol. The Morgan fingerprint density at radius 2 is 1.88 bits per heavy atom. The minimum Gasteiger partial charge on any atom is -0.460 e. The van der Waals surface area contributed by atoms with E-state index in [4.69, 9.17) is 4.74 Å². The van der Waals surface area contributed by atoms with E-state index in [-0.39, 0.29) is 30.0 Å². The molecule has 0 bridgehead atoms. The molecule has 0 unspecified atom stereocenters. The number of anilines is 1. The summed E-state index contributed by atoms with van der Waals surface area (Å²) in [5.74, 6) is -0.921. The van der Waals surface area contributed by atoms with Crippen molar-refractivity contribution in [1.82, 2.24) is 0 Å². The molecule has 0 spiro atoms. The smallest absolute Gasteiger partial charge is 0.306 e. The Morgan fingerprint density at radius 1 is 1.18 bits per heavy atom. The lowest BCUT2D eigenvalue weighted by molar-refractivity contribution is -0.154. The van der Waals surface area contributed by atoms with Crippen LogP contribution in [0.3, 0.4) is 0 Å². The topological polar surface area (TPSA) is 55.4 Å². The molecule has 1 atom stereocenters. The number of aryl methyl sites for hydroxylation is 1. The molecule has 2 aromatic rings. The van der Waals surface area contributed by atoms with Gasteiger partial charge in [-0.25, -0.2) is 4.39 Å². The third-order valence-corrected chi connectivity index (χ3v) is 6.82. The van der Waals surface area contributed by atoms with Crippen LogP contribution in [0.25, 0.3) is 0 Å². The van der Waals surface area contributed by atoms with Crippen molar-refractivity contribution >= 4 is 33.5 Å². The molecular weight excluding hydrogens is 485 g/mol. The van der Waals surface area contributed by atoms with Crippen LogP contribution in [-0.2, 0) is 20.7 Å². The first-order chi connectivity index (χ1) is 15.5. The second-order valence-corrected chi connectivity index (χ2v) is 10.7. The van der Waals surface area contributed by atoms with Gasteiger partial charge in [-0.2, -0.15) is 0 Å². The molecule has 0 aromatic heterocycles. The lowest BCUT2D eigenvalue weighted by atomic mass is 9.84. The fourth-order valence-electron chi connectivity index (χ4n) is 4.56. The first-order valence-electron chi connectivity index (χ1n) is 11.6. The van der Waals surface area contributed by atoms with Gasteiger partial charge < -0.3 is 10.1 Å². The minimum atomic E-state index is -0.510. The van der Waals surface area contributed by atoms with Crippen molar-refractivity contribution in [3.05, 3.63) is 63.4 Å². The number of ether oxygens (including phenoxy) is 1. The van der Waals surface area contributed by atoms with E-state index < -0.39 is 11.5 Å². The maximum Gasteiger partial charge on any atom is 0.306 e. The van der Waals surface area contributed by atoms with Crippen LogP contribution >= 0.6 is 15.9 Å². The van der Waals surface area contributed by atoms with Crippen molar-refractivity contribution in [1.29, 1.82) is 0 Å². The summed E-state index contributed by atoms with van der Waals surface area (Å²) in [6, 6.07) is 10.7. The second-order valence-electron chi connectivity index (χ2n) is 9.86. The van der Waals surface area contributed by atoms with E-state index in [1.807, 2.05) is 52.0 Å². The number of amides is 1. The number of carbonyl (C=O) groups excluding carboxylic acids is 2. The Kier molecular flexibility index (Phi) is 8.33. The fourth-order valence-corrected chi connectivity index (χ4v) is 4.81. The van der Waals surface area contributed by atoms with Gasteiger partial charge in [-0.15, -0.1) is 0 Å². The van der Waals surface area contributed by atoms with Crippen LogP contribution in [0, 0.1) is 18.7 Å². The summed E-state index contributed by atoms with van der Waals surface area (Å²) in [5, 5.41) is 3.10. The summed E-state index contributed by atoms with van der Waals surface area (Å²) in [6.45, 7) is 7.50. The fraction of sp³-hybridized carbons (Fsp3) is 0.481. The summed E-state index contributed by atoms with van der Waals surface area (Å²) in [4.78, 5) is 25.6. The highest BCUT2D eigenvalue weighted by atomic mass is 79.9. The Bertz CT molecular complexity index is 1010. The number of carbonyl (C=O) groups is 2. The summed E-state index contributed by atoms with van der Waals surface area (Å²) >= 11 is 3.20. The summed E-state index contributed by atoms with van der Waals surface area (Å²) < 4.78 is 20.1. The molecule has 1 amide bonds. The standard InChI is InChI=1S/C27H33BrFNO3/c1-17-18(13-15-24(31)33-27(2,3)4)10-7-11-23(17)30-26(32)25(19-8-5-6-9-19)20-12-14-21(28)22(29)16-20/h7,10-12,14,16,19,25H,5-6,8-9,13,15H2,1-4H3,(H,30,32)/t25-/m1/s1. The van der Waals surface area contributed by atoms with Gasteiger partial charge in [-0.3, -0.25) is 9.59 Å². The Morgan fingerprint density at radius 3 is 2.52 bits per heavy atom. The van der Waals surface area contributed by atoms with E-state index in [2.05, 4.69) is 21.2 Å². The zero-order valence-electron chi connectivity index (χ0n) is 19.8. The number of nitrogens with one attached hydrogen (secondary N) is 1. The van der Waals surface area contributed by atoms with E-state index in [0.29, 0.717) is 16.5 Å². The van der Waals surface area contributed by atoms with Crippen LogP contribution in [0.1, 0.15) is 75.5 Å². The maximum absolute atomic E-state index is 14.3. The molecule has 1 aliphatic carbocycles. The largest absolute Gasteiger partial charge is 0.460 e. The highest BCUT2D eigenvalue weighted by Crippen LogP contribution is 2.39. The van der Waals surface area contributed by atoms with E-state index in [1.165, 1.54) is 6.07 Å². The van der Waals surface area contributed by atoms with E-state index in [1.54, 1.807) is 6.07 Å². The molecule has 0 heterocycles. The van der Waals surface area contributed by atoms with E-state index in [0.717, 1.165) is 42.5 Å².